The lowest BCUT2D eigenvalue weighted by Crippen LogP contribution is -2.38. The van der Waals surface area contributed by atoms with Crippen LogP contribution in [0.3, 0.4) is 0 Å². The van der Waals surface area contributed by atoms with E-state index in [4.69, 9.17) is 0 Å². The van der Waals surface area contributed by atoms with Crippen LogP contribution in [0.15, 0.2) is 12.3 Å². The van der Waals surface area contributed by atoms with Gasteiger partial charge in [-0.15, -0.1) is 0 Å². The zero-order chi connectivity index (χ0) is 12.3. The highest BCUT2D eigenvalue weighted by molar-refractivity contribution is 4.93. The molecular weight excluding hydrogens is 194 g/mol. The summed E-state index contributed by atoms with van der Waals surface area (Å²) in [7, 11) is 0. The van der Waals surface area contributed by atoms with Crippen molar-refractivity contribution in [2.45, 2.75) is 53.9 Å². The lowest BCUT2D eigenvalue weighted by atomic mass is 9.69. The van der Waals surface area contributed by atoms with E-state index >= 15 is 0 Å². The van der Waals surface area contributed by atoms with Crippen molar-refractivity contribution in [3.05, 3.63) is 12.3 Å². The molecule has 94 valence electrons. The maximum atomic E-state index is 4.04. The molecule has 1 nitrogen and oxygen atoms in total. The Balaban J connectivity index is 2.49. The van der Waals surface area contributed by atoms with Crippen LogP contribution in [0.2, 0.25) is 0 Å². The highest BCUT2D eigenvalue weighted by atomic mass is 15.1. The molecule has 0 amide bonds. The van der Waals surface area contributed by atoms with Crippen molar-refractivity contribution in [3.63, 3.8) is 0 Å². The van der Waals surface area contributed by atoms with Gasteiger partial charge in [0.25, 0.3) is 0 Å². The molecule has 16 heavy (non-hydrogen) atoms. The minimum Gasteiger partial charge on any atom is -0.376 e. The van der Waals surface area contributed by atoms with Crippen LogP contribution in [0.4, 0.5) is 0 Å². The smallest absolute Gasteiger partial charge is 0.0177 e. The summed E-state index contributed by atoms with van der Waals surface area (Å²) in [5.41, 5.74) is 1.75. The monoisotopic (exact) mass is 223 g/mol. The maximum absolute atomic E-state index is 4.04. The molecule has 0 radical (unpaired) electrons. The molecular formula is C15H29N. The van der Waals surface area contributed by atoms with Crippen LogP contribution >= 0.6 is 0 Å². The minimum atomic E-state index is 0.509. The number of likely N-dealkylation sites (tertiary alicyclic amines) is 1. The molecule has 0 saturated carbocycles. The highest BCUT2D eigenvalue weighted by Crippen LogP contribution is 2.40. The van der Waals surface area contributed by atoms with Gasteiger partial charge in [0.1, 0.15) is 0 Å². The summed E-state index contributed by atoms with van der Waals surface area (Å²) in [6, 6.07) is 0. The highest BCUT2D eigenvalue weighted by Gasteiger charge is 2.32. The van der Waals surface area contributed by atoms with Gasteiger partial charge in [0.2, 0.25) is 0 Å². The average Bonchev–Trinajstić information content (AvgIpc) is 2.16. The van der Waals surface area contributed by atoms with Crippen LogP contribution in [0, 0.1) is 17.3 Å². The third-order valence-electron chi connectivity index (χ3n) is 4.07. The first-order chi connectivity index (χ1) is 7.33. The van der Waals surface area contributed by atoms with E-state index in [2.05, 4.69) is 46.1 Å². The van der Waals surface area contributed by atoms with Crippen LogP contribution < -0.4 is 0 Å². The molecule has 0 spiro atoms. The summed E-state index contributed by atoms with van der Waals surface area (Å²) in [6.07, 6.45) is 4.03. The van der Waals surface area contributed by atoms with Crippen molar-refractivity contribution >= 4 is 0 Å². The first-order valence-electron chi connectivity index (χ1n) is 6.73. The van der Waals surface area contributed by atoms with E-state index in [9.17, 15) is 0 Å². The van der Waals surface area contributed by atoms with Crippen LogP contribution in [0.25, 0.3) is 0 Å². The van der Waals surface area contributed by atoms with Crippen LogP contribution in [0.5, 0.6) is 0 Å². The average molecular weight is 223 g/mol. The largest absolute Gasteiger partial charge is 0.376 e. The zero-order valence-electron chi connectivity index (χ0n) is 11.8. The summed E-state index contributed by atoms with van der Waals surface area (Å²) in [6.45, 7) is 18.2. The molecule has 0 unspecified atom stereocenters. The second kappa shape index (κ2) is 5.25. The van der Waals surface area contributed by atoms with E-state index in [0.29, 0.717) is 5.41 Å². The number of hydrogen-bond acceptors (Lipinski definition) is 1. The number of allylic oxidation sites excluding steroid dienone is 1. The van der Waals surface area contributed by atoms with Crippen molar-refractivity contribution in [1.29, 1.82) is 0 Å². The molecule has 0 aromatic heterocycles. The fourth-order valence-corrected chi connectivity index (χ4v) is 3.26. The summed E-state index contributed by atoms with van der Waals surface area (Å²) in [5.74, 6) is 1.71. The fourth-order valence-electron chi connectivity index (χ4n) is 3.26. The standard InChI is InChI=1S/C15H29N/c1-12(2)11-15(5,6)14-7-9-16(10-8-14)13(3)4/h12,14H,3,7-11H2,1-2,4-6H3. The molecule has 0 aliphatic carbocycles. The van der Waals surface area contributed by atoms with Gasteiger partial charge in [0.15, 0.2) is 0 Å². The van der Waals surface area contributed by atoms with E-state index in [1.165, 1.54) is 38.0 Å². The van der Waals surface area contributed by atoms with E-state index in [-0.39, 0.29) is 0 Å². The summed E-state index contributed by atoms with van der Waals surface area (Å²) in [4.78, 5) is 2.43. The molecule has 1 aliphatic rings. The number of rotatable bonds is 4. The van der Waals surface area contributed by atoms with Gasteiger partial charge >= 0.3 is 0 Å². The first kappa shape index (κ1) is 13.6. The summed E-state index contributed by atoms with van der Waals surface area (Å²) in [5, 5.41) is 0. The number of nitrogens with zero attached hydrogens (tertiary/aromatic N) is 1. The Labute approximate surface area is 102 Å². The second-order valence-electron chi connectivity index (χ2n) is 6.58. The molecule has 1 rings (SSSR count). The van der Waals surface area contributed by atoms with Gasteiger partial charge in [0, 0.05) is 18.8 Å². The summed E-state index contributed by atoms with van der Waals surface area (Å²) >= 11 is 0. The number of piperidine rings is 1. The molecule has 1 aliphatic heterocycles. The predicted molar refractivity (Wildman–Crippen MR) is 72.3 cm³/mol. The van der Waals surface area contributed by atoms with Gasteiger partial charge < -0.3 is 4.90 Å². The fraction of sp³-hybridized carbons (Fsp3) is 0.867. The third kappa shape index (κ3) is 3.54. The van der Waals surface area contributed by atoms with Crippen molar-refractivity contribution in [1.82, 2.24) is 4.90 Å². The van der Waals surface area contributed by atoms with Crippen LogP contribution in [0.1, 0.15) is 53.9 Å². The Morgan fingerprint density at radius 2 is 1.81 bits per heavy atom. The van der Waals surface area contributed by atoms with Gasteiger partial charge in [-0.3, -0.25) is 0 Å². The van der Waals surface area contributed by atoms with E-state index in [0.717, 1.165) is 11.8 Å². The van der Waals surface area contributed by atoms with Gasteiger partial charge in [-0.05, 0) is 43.4 Å². The molecule has 0 bridgehead atoms. The van der Waals surface area contributed by atoms with Gasteiger partial charge in [-0.1, -0.05) is 34.3 Å². The molecule has 1 fully saturated rings. The van der Waals surface area contributed by atoms with Crippen molar-refractivity contribution in [2.24, 2.45) is 17.3 Å². The molecule has 0 aromatic carbocycles. The molecule has 1 heterocycles. The Kier molecular flexibility index (Phi) is 4.46. The van der Waals surface area contributed by atoms with Gasteiger partial charge in [-0.2, -0.15) is 0 Å². The Morgan fingerprint density at radius 3 is 2.19 bits per heavy atom. The predicted octanol–water partition coefficient (Wildman–Crippen LogP) is 4.30. The zero-order valence-corrected chi connectivity index (χ0v) is 11.8. The summed E-state index contributed by atoms with van der Waals surface area (Å²) < 4.78 is 0. The Morgan fingerprint density at radius 1 is 1.31 bits per heavy atom. The van der Waals surface area contributed by atoms with Gasteiger partial charge in [-0.25, -0.2) is 0 Å². The molecule has 0 N–H and O–H groups in total. The second-order valence-corrected chi connectivity index (χ2v) is 6.58. The molecule has 1 heteroatoms. The van der Waals surface area contributed by atoms with Crippen LogP contribution in [-0.4, -0.2) is 18.0 Å². The first-order valence-corrected chi connectivity index (χ1v) is 6.73. The van der Waals surface area contributed by atoms with E-state index in [1.807, 2.05) is 0 Å². The normalized spacial score (nSPS) is 19.2. The quantitative estimate of drug-likeness (QED) is 0.686. The lowest BCUT2D eigenvalue weighted by Gasteiger charge is -2.42. The molecule has 1 saturated heterocycles. The van der Waals surface area contributed by atoms with E-state index < -0.39 is 0 Å². The van der Waals surface area contributed by atoms with Crippen LogP contribution in [-0.2, 0) is 0 Å². The Bertz CT molecular complexity index is 232. The maximum Gasteiger partial charge on any atom is 0.0177 e. The topological polar surface area (TPSA) is 3.24 Å². The lowest BCUT2D eigenvalue weighted by molar-refractivity contribution is 0.0984. The van der Waals surface area contributed by atoms with Gasteiger partial charge in [0.05, 0.1) is 0 Å². The van der Waals surface area contributed by atoms with E-state index in [1.54, 1.807) is 0 Å². The Hall–Kier alpha value is -0.460. The van der Waals surface area contributed by atoms with Crippen molar-refractivity contribution < 1.29 is 0 Å². The molecule has 0 aromatic rings. The third-order valence-corrected chi connectivity index (χ3v) is 4.07. The number of hydrogen-bond donors (Lipinski definition) is 0. The minimum absolute atomic E-state index is 0.509. The SMILES string of the molecule is C=C(C)N1CCC(C(C)(C)CC(C)C)CC1. The van der Waals surface area contributed by atoms with Crippen molar-refractivity contribution in [2.75, 3.05) is 13.1 Å². The molecule has 0 atom stereocenters. The van der Waals surface area contributed by atoms with Crippen molar-refractivity contribution in [3.8, 4) is 0 Å².